The Balaban J connectivity index is 1.37. The second kappa shape index (κ2) is 11.1. The number of aryl methyl sites for hydroxylation is 1. The van der Waals surface area contributed by atoms with E-state index in [1.807, 2.05) is 19.9 Å². The van der Waals surface area contributed by atoms with Crippen LogP contribution in [0.25, 0.3) is 22.4 Å². The van der Waals surface area contributed by atoms with E-state index in [0.29, 0.717) is 40.1 Å². The minimum absolute atomic E-state index is 0.201. The van der Waals surface area contributed by atoms with Crippen LogP contribution in [0.3, 0.4) is 0 Å². The van der Waals surface area contributed by atoms with Crippen molar-refractivity contribution in [3.8, 4) is 11.4 Å². The first-order valence-corrected chi connectivity index (χ1v) is 13.8. The molecule has 0 unspecified atom stereocenters. The van der Waals surface area contributed by atoms with Gasteiger partial charge in [0.15, 0.2) is 0 Å². The molecule has 9 heteroatoms. The number of hydrogen-bond acceptors (Lipinski definition) is 6. The standard InChI is InChI=1S/C30H36ClN5O3/c1-18-13-21(19-8-11-36(12-9-19)17-30(2,3)39)15-24-27(18)35-28(34-24)26-23(7-10-32-29(26)38)33-16-25(37)20-5-4-6-22(31)14-20/h4-7,10,13-15,19,25,37,39H,8-9,11-12,16-17H2,1-3H3,(H,34,35)(H2,32,33,38)/t25-/m1/s1. The summed E-state index contributed by atoms with van der Waals surface area (Å²) in [5, 5.41) is 24.6. The fraction of sp³-hybridized carbons (Fsp3) is 0.400. The highest BCUT2D eigenvalue weighted by molar-refractivity contribution is 6.30. The molecule has 5 rings (SSSR count). The predicted octanol–water partition coefficient (Wildman–Crippen LogP) is 4.98. The number of piperidine rings is 1. The van der Waals surface area contributed by atoms with Gasteiger partial charge in [-0.1, -0.05) is 29.8 Å². The number of H-pyrrole nitrogens is 2. The van der Waals surface area contributed by atoms with Crippen LogP contribution < -0.4 is 10.9 Å². The van der Waals surface area contributed by atoms with Crippen molar-refractivity contribution in [2.75, 3.05) is 31.5 Å². The Bertz CT molecular complexity index is 1520. The SMILES string of the molecule is Cc1cc(C2CCN(CC(C)(C)O)CC2)cc2[nH]c(-c3c(NC[C@@H](O)c4cccc(Cl)c4)cc[nH]c3=O)nc12. The lowest BCUT2D eigenvalue weighted by molar-refractivity contribution is 0.0282. The van der Waals surface area contributed by atoms with Gasteiger partial charge >= 0.3 is 0 Å². The summed E-state index contributed by atoms with van der Waals surface area (Å²) in [6.45, 7) is 8.55. The van der Waals surface area contributed by atoms with Crippen molar-refractivity contribution in [2.24, 2.45) is 0 Å². The third-order valence-corrected chi connectivity index (χ3v) is 7.62. The highest BCUT2D eigenvalue weighted by atomic mass is 35.5. The zero-order valence-electron chi connectivity index (χ0n) is 22.6. The van der Waals surface area contributed by atoms with Gasteiger partial charge in [-0.15, -0.1) is 0 Å². The molecule has 0 spiro atoms. The van der Waals surface area contributed by atoms with Crippen molar-refractivity contribution in [2.45, 2.75) is 51.2 Å². The van der Waals surface area contributed by atoms with E-state index in [9.17, 15) is 15.0 Å². The van der Waals surface area contributed by atoms with E-state index < -0.39 is 11.7 Å². The number of halogens is 1. The van der Waals surface area contributed by atoms with Gasteiger partial charge in [-0.25, -0.2) is 4.98 Å². The number of rotatable bonds is 8. The lowest BCUT2D eigenvalue weighted by atomic mass is 9.88. The number of nitrogens with one attached hydrogen (secondary N) is 3. The van der Waals surface area contributed by atoms with Crippen molar-refractivity contribution < 1.29 is 10.2 Å². The van der Waals surface area contributed by atoms with Gasteiger partial charge in [0.2, 0.25) is 0 Å². The van der Waals surface area contributed by atoms with Crippen molar-refractivity contribution >= 4 is 28.3 Å². The number of likely N-dealkylation sites (tertiary alicyclic amines) is 1. The highest BCUT2D eigenvalue weighted by Crippen LogP contribution is 2.33. The van der Waals surface area contributed by atoms with E-state index in [-0.39, 0.29) is 12.1 Å². The number of aromatic nitrogens is 3. The van der Waals surface area contributed by atoms with Gasteiger partial charge in [-0.3, -0.25) is 4.79 Å². The maximum Gasteiger partial charge on any atom is 0.261 e. The Morgan fingerprint density at radius 2 is 1.97 bits per heavy atom. The largest absolute Gasteiger partial charge is 0.389 e. The Kier molecular flexibility index (Phi) is 7.82. The van der Waals surface area contributed by atoms with Gasteiger partial charge in [0.05, 0.1) is 28.4 Å². The fourth-order valence-electron chi connectivity index (χ4n) is 5.54. The van der Waals surface area contributed by atoms with Crippen LogP contribution in [0.4, 0.5) is 5.69 Å². The average molecular weight is 550 g/mol. The number of aliphatic hydroxyl groups is 2. The Morgan fingerprint density at radius 3 is 2.69 bits per heavy atom. The summed E-state index contributed by atoms with van der Waals surface area (Å²) in [6.07, 6.45) is 2.84. The number of imidazole rings is 1. The van der Waals surface area contributed by atoms with Crippen molar-refractivity contribution in [3.05, 3.63) is 80.7 Å². The summed E-state index contributed by atoms with van der Waals surface area (Å²) < 4.78 is 0. The molecule has 3 heterocycles. The van der Waals surface area contributed by atoms with Crippen LogP contribution in [-0.4, -0.2) is 61.8 Å². The molecule has 4 aromatic rings. The van der Waals surface area contributed by atoms with E-state index in [4.69, 9.17) is 16.6 Å². The lowest BCUT2D eigenvalue weighted by Crippen LogP contribution is -2.42. The first kappa shape index (κ1) is 27.4. The molecule has 0 aliphatic carbocycles. The van der Waals surface area contributed by atoms with E-state index in [2.05, 4.69) is 39.2 Å². The molecule has 206 valence electrons. The third-order valence-electron chi connectivity index (χ3n) is 7.39. The maximum atomic E-state index is 12.9. The predicted molar refractivity (Wildman–Crippen MR) is 157 cm³/mol. The number of aliphatic hydroxyl groups excluding tert-OH is 1. The molecule has 1 aliphatic rings. The van der Waals surface area contributed by atoms with Gasteiger partial charge in [0.25, 0.3) is 5.56 Å². The van der Waals surface area contributed by atoms with Crippen LogP contribution in [0.1, 0.15) is 55.4 Å². The van der Waals surface area contributed by atoms with Crippen molar-refractivity contribution in [3.63, 3.8) is 0 Å². The molecule has 39 heavy (non-hydrogen) atoms. The fourth-order valence-corrected chi connectivity index (χ4v) is 5.74. The number of pyridine rings is 1. The molecule has 1 aliphatic heterocycles. The number of benzene rings is 2. The van der Waals surface area contributed by atoms with Crippen LogP contribution in [-0.2, 0) is 0 Å². The van der Waals surface area contributed by atoms with Crippen molar-refractivity contribution in [1.82, 2.24) is 19.9 Å². The second-order valence-corrected chi connectivity index (χ2v) is 11.7. The molecule has 2 aromatic carbocycles. The summed E-state index contributed by atoms with van der Waals surface area (Å²) in [5.74, 6) is 0.912. The summed E-state index contributed by atoms with van der Waals surface area (Å²) in [5.41, 5.74) is 4.76. The van der Waals surface area contributed by atoms with Crippen LogP contribution in [0.15, 0.2) is 53.5 Å². The minimum Gasteiger partial charge on any atom is -0.389 e. The zero-order chi connectivity index (χ0) is 27.7. The van der Waals surface area contributed by atoms with Gasteiger partial charge in [0, 0.05) is 24.3 Å². The van der Waals surface area contributed by atoms with Crippen molar-refractivity contribution in [1.29, 1.82) is 0 Å². The lowest BCUT2D eigenvalue weighted by Gasteiger charge is -2.35. The van der Waals surface area contributed by atoms with Crippen LogP contribution in [0.2, 0.25) is 5.02 Å². The Labute approximate surface area is 233 Å². The molecular formula is C30H36ClN5O3. The van der Waals surface area contributed by atoms with Crippen LogP contribution >= 0.6 is 11.6 Å². The normalized spacial score (nSPS) is 16.1. The summed E-state index contributed by atoms with van der Waals surface area (Å²) >= 11 is 6.07. The quantitative estimate of drug-likeness (QED) is 0.212. The first-order valence-electron chi connectivity index (χ1n) is 13.4. The second-order valence-electron chi connectivity index (χ2n) is 11.2. The molecule has 0 bridgehead atoms. The zero-order valence-corrected chi connectivity index (χ0v) is 23.3. The average Bonchev–Trinajstić information content (AvgIpc) is 3.31. The number of β-amino-alcohol motifs (C(OH)–C–C–N with tert-alkyl or cyclic N) is 1. The van der Waals surface area contributed by atoms with E-state index in [0.717, 1.165) is 42.5 Å². The molecule has 0 radical (unpaired) electrons. The highest BCUT2D eigenvalue weighted by Gasteiger charge is 2.26. The molecule has 2 aromatic heterocycles. The smallest absolute Gasteiger partial charge is 0.261 e. The third kappa shape index (κ3) is 6.36. The molecule has 1 fully saturated rings. The van der Waals surface area contributed by atoms with E-state index in [1.165, 1.54) is 5.56 Å². The molecule has 5 N–H and O–H groups in total. The molecule has 0 amide bonds. The van der Waals surface area contributed by atoms with Gasteiger partial charge in [-0.2, -0.15) is 0 Å². The molecule has 1 atom stereocenters. The van der Waals surface area contributed by atoms with Crippen LogP contribution in [0, 0.1) is 6.92 Å². The molecule has 8 nitrogen and oxygen atoms in total. The number of anilines is 1. The molecule has 0 saturated carbocycles. The van der Waals surface area contributed by atoms with Gasteiger partial charge < -0.3 is 30.4 Å². The minimum atomic E-state index is -0.800. The molecular weight excluding hydrogens is 514 g/mol. The monoisotopic (exact) mass is 549 g/mol. The molecule has 1 saturated heterocycles. The first-order chi connectivity index (χ1) is 18.6. The maximum absolute atomic E-state index is 12.9. The van der Waals surface area contributed by atoms with Gasteiger partial charge in [-0.05, 0) is 93.6 Å². The topological polar surface area (TPSA) is 117 Å². The Morgan fingerprint density at radius 1 is 1.21 bits per heavy atom. The van der Waals surface area contributed by atoms with Crippen LogP contribution in [0.5, 0.6) is 0 Å². The summed E-state index contributed by atoms with van der Waals surface area (Å²) in [6, 6.07) is 13.2. The number of hydrogen-bond donors (Lipinski definition) is 5. The number of aromatic amines is 2. The summed E-state index contributed by atoms with van der Waals surface area (Å²) in [7, 11) is 0. The van der Waals surface area contributed by atoms with Gasteiger partial charge in [0.1, 0.15) is 11.4 Å². The van der Waals surface area contributed by atoms with E-state index in [1.54, 1.807) is 30.5 Å². The number of nitrogens with zero attached hydrogens (tertiary/aromatic N) is 2. The number of fused-ring (bicyclic) bond motifs is 1. The Hall–Kier alpha value is -3.17. The summed E-state index contributed by atoms with van der Waals surface area (Å²) in [4.78, 5) is 26.2. The van der Waals surface area contributed by atoms with E-state index >= 15 is 0 Å².